The van der Waals surface area contributed by atoms with Gasteiger partial charge in [0.1, 0.15) is 12.7 Å². The van der Waals surface area contributed by atoms with Gasteiger partial charge in [0.2, 0.25) is 0 Å². The molecule has 0 amide bonds. The standard InChI is InChI=1S/C17H24O8/c1-6-24-11-7-12(10(2)25-14(18)9-21-3)15(17(20)23-5)13(8-11)16(19)22-4/h7,10,12H,6,8-9H2,1-5H3. The van der Waals surface area contributed by atoms with Crippen LogP contribution in [0.15, 0.2) is 23.0 Å². The molecule has 0 saturated heterocycles. The third-order valence-corrected chi connectivity index (χ3v) is 3.63. The number of rotatable bonds is 8. The normalized spacial score (nSPS) is 18.1. The van der Waals surface area contributed by atoms with Crippen molar-refractivity contribution in [3.05, 3.63) is 23.0 Å². The summed E-state index contributed by atoms with van der Waals surface area (Å²) in [4.78, 5) is 36.1. The first-order chi connectivity index (χ1) is 11.9. The molecule has 0 aromatic rings. The Hall–Kier alpha value is -2.35. The second kappa shape index (κ2) is 9.83. The molecule has 8 heteroatoms. The van der Waals surface area contributed by atoms with Gasteiger partial charge in [0.05, 0.1) is 43.6 Å². The fourth-order valence-corrected chi connectivity index (χ4v) is 2.58. The number of hydrogen-bond acceptors (Lipinski definition) is 8. The molecule has 0 bridgehead atoms. The molecular formula is C17H24O8. The Morgan fingerprint density at radius 2 is 1.80 bits per heavy atom. The van der Waals surface area contributed by atoms with Crippen LogP contribution in [0, 0.1) is 5.92 Å². The zero-order valence-electron chi connectivity index (χ0n) is 15.1. The lowest BCUT2D eigenvalue weighted by Gasteiger charge is -2.29. The average Bonchev–Trinajstić information content (AvgIpc) is 2.60. The fraction of sp³-hybridized carbons (Fsp3) is 0.588. The van der Waals surface area contributed by atoms with Crippen molar-refractivity contribution in [3.63, 3.8) is 0 Å². The molecule has 1 aliphatic carbocycles. The van der Waals surface area contributed by atoms with Crippen LogP contribution >= 0.6 is 0 Å². The van der Waals surface area contributed by atoms with Gasteiger partial charge in [-0.1, -0.05) is 0 Å². The van der Waals surface area contributed by atoms with Gasteiger partial charge < -0.3 is 23.7 Å². The van der Waals surface area contributed by atoms with Crippen molar-refractivity contribution in [1.29, 1.82) is 0 Å². The lowest BCUT2D eigenvalue weighted by atomic mass is 9.83. The first-order valence-corrected chi connectivity index (χ1v) is 7.81. The molecule has 0 heterocycles. The van der Waals surface area contributed by atoms with E-state index in [1.165, 1.54) is 21.3 Å². The number of esters is 3. The molecule has 2 atom stereocenters. The van der Waals surface area contributed by atoms with Gasteiger partial charge in [-0.15, -0.1) is 0 Å². The van der Waals surface area contributed by atoms with E-state index in [1.807, 2.05) is 0 Å². The highest BCUT2D eigenvalue weighted by atomic mass is 16.6. The van der Waals surface area contributed by atoms with Crippen molar-refractivity contribution < 1.29 is 38.1 Å². The Labute approximate surface area is 146 Å². The summed E-state index contributed by atoms with van der Waals surface area (Å²) in [5.41, 5.74) is 0.218. The quantitative estimate of drug-likeness (QED) is 0.472. The summed E-state index contributed by atoms with van der Waals surface area (Å²) in [6.07, 6.45) is 1.01. The maximum atomic E-state index is 12.3. The minimum Gasteiger partial charge on any atom is -0.498 e. The number of methoxy groups -OCH3 is 3. The Kier molecular flexibility index (Phi) is 8.13. The summed E-state index contributed by atoms with van der Waals surface area (Å²) in [5, 5.41) is 0. The summed E-state index contributed by atoms with van der Waals surface area (Å²) in [6, 6.07) is 0. The second-order valence-electron chi connectivity index (χ2n) is 5.27. The van der Waals surface area contributed by atoms with Gasteiger partial charge in [-0.3, -0.25) is 0 Å². The van der Waals surface area contributed by atoms with E-state index in [2.05, 4.69) is 0 Å². The molecule has 1 rings (SSSR count). The van der Waals surface area contributed by atoms with Gasteiger partial charge in [-0.05, 0) is 19.9 Å². The minimum atomic E-state index is -0.743. The number of allylic oxidation sites excluding steroid dienone is 1. The number of carbonyl (C=O) groups is 3. The van der Waals surface area contributed by atoms with E-state index in [0.29, 0.717) is 12.4 Å². The molecular weight excluding hydrogens is 332 g/mol. The van der Waals surface area contributed by atoms with E-state index < -0.39 is 29.9 Å². The van der Waals surface area contributed by atoms with Crippen molar-refractivity contribution in [2.24, 2.45) is 5.92 Å². The predicted molar refractivity (Wildman–Crippen MR) is 86.3 cm³/mol. The molecule has 25 heavy (non-hydrogen) atoms. The van der Waals surface area contributed by atoms with Crippen molar-refractivity contribution in [3.8, 4) is 0 Å². The third kappa shape index (κ3) is 5.32. The van der Waals surface area contributed by atoms with E-state index in [1.54, 1.807) is 19.9 Å². The summed E-state index contributed by atoms with van der Waals surface area (Å²) < 4.78 is 25.1. The van der Waals surface area contributed by atoms with Gasteiger partial charge in [0, 0.05) is 13.5 Å². The Morgan fingerprint density at radius 3 is 2.32 bits per heavy atom. The first-order valence-electron chi connectivity index (χ1n) is 7.81. The number of ether oxygens (including phenoxy) is 5. The van der Waals surface area contributed by atoms with Gasteiger partial charge in [-0.25, -0.2) is 14.4 Å². The highest BCUT2D eigenvalue weighted by Gasteiger charge is 2.37. The Morgan fingerprint density at radius 1 is 1.16 bits per heavy atom. The Balaban J connectivity index is 3.28. The van der Waals surface area contributed by atoms with E-state index >= 15 is 0 Å². The van der Waals surface area contributed by atoms with Gasteiger partial charge in [0.25, 0.3) is 0 Å². The van der Waals surface area contributed by atoms with Crippen LogP contribution in [0.5, 0.6) is 0 Å². The maximum absolute atomic E-state index is 12.3. The monoisotopic (exact) mass is 356 g/mol. The van der Waals surface area contributed by atoms with Crippen molar-refractivity contribution in [2.45, 2.75) is 26.4 Å². The molecule has 0 aromatic heterocycles. The number of carbonyl (C=O) groups excluding carboxylic acids is 3. The molecule has 140 valence electrons. The van der Waals surface area contributed by atoms with Crippen LogP contribution in [0.1, 0.15) is 20.3 Å². The van der Waals surface area contributed by atoms with Crippen LogP contribution in [-0.4, -0.2) is 58.6 Å². The second-order valence-corrected chi connectivity index (χ2v) is 5.27. The lowest BCUT2D eigenvalue weighted by molar-refractivity contribution is -0.154. The van der Waals surface area contributed by atoms with E-state index in [-0.39, 0.29) is 24.2 Å². The topological polar surface area (TPSA) is 97.4 Å². The van der Waals surface area contributed by atoms with Crippen molar-refractivity contribution in [2.75, 3.05) is 34.5 Å². The predicted octanol–water partition coefficient (Wildman–Crippen LogP) is 1.15. The van der Waals surface area contributed by atoms with Crippen LogP contribution in [0.4, 0.5) is 0 Å². The molecule has 0 saturated carbocycles. The van der Waals surface area contributed by atoms with Crippen molar-refractivity contribution >= 4 is 17.9 Å². The maximum Gasteiger partial charge on any atom is 0.335 e. The highest BCUT2D eigenvalue weighted by molar-refractivity contribution is 6.01. The van der Waals surface area contributed by atoms with Crippen LogP contribution < -0.4 is 0 Å². The van der Waals surface area contributed by atoms with E-state index in [9.17, 15) is 14.4 Å². The molecule has 0 aromatic carbocycles. The summed E-state index contributed by atoms with van der Waals surface area (Å²) >= 11 is 0. The molecule has 0 radical (unpaired) electrons. The molecule has 0 aliphatic heterocycles. The molecule has 0 N–H and O–H groups in total. The Bertz CT molecular complexity index is 575. The molecule has 0 spiro atoms. The third-order valence-electron chi connectivity index (χ3n) is 3.63. The molecule has 1 aliphatic rings. The highest BCUT2D eigenvalue weighted by Crippen LogP contribution is 2.34. The fourth-order valence-electron chi connectivity index (χ4n) is 2.58. The molecule has 8 nitrogen and oxygen atoms in total. The van der Waals surface area contributed by atoms with Crippen LogP contribution in [-0.2, 0) is 38.1 Å². The lowest BCUT2D eigenvalue weighted by Crippen LogP contribution is -2.33. The number of hydrogen-bond donors (Lipinski definition) is 0. The van der Waals surface area contributed by atoms with Crippen molar-refractivity contribution in [1.82, 2.24) is 0 Å². The van der Waals surface area contributed by atoms with Crippen LogP contribution in [0.2, 0.25) is 0 Å². The van der Waals surface area contributed by atoms with E-state index in [0.717, 1.165) is 0 Å². The molecule has 2 unspecified atom stereocenters. The van der Waals surface area contributed by atoms with Crippen LogP contribution in [0.3, 0.4) is 0 Å². The summed E-state index contributed by atoms with van der Waals surface area (Å²) in [5.74, 6) is -2.15. The largest absolute Gasteiger partial charge is 0.498 e. The zero-order valence-corrected chi connectivity index (χ0v) is 15.1. The van der Waals surface area contributed by atoms with Gasteiger partial charge in [-0.2, -0.15) is 0 Å². The summed E-state index contributed by atoms with van der Waals surface area (Å²) in [6.45, 7) is 3.58. The average molecular weight is 356 g/mol. The van der Waals surface area contributed by atoms with Crippen LogP contribution in [0.25, 0.3) is 0 Å². The molecule has 0 fully saturated rings. The SMILES string of the molecule is CCOC1=CC(C(C)OC(=O)COC)C(C(=O)OC)=C(C(=O)OC)C1. The minimum absolute atomic E-state index is 0.0931. The zero-order chi connectivity index (χ0) is 19.0. The van der Waals surface area contributed by atoms with Gasteiger partial charge in [0.15, 0.2) is 0 Å². The first kappa shape index (κ1) is 20.7. The smallest absolute Gasteiger partial charge is 0.335 e. The summed E-state index contributed by atoms with van der Waals surface area (Å²) in [7, 11) is 3.80. The van der Waals surface area contributed by atoms with Gasteiger partial charge >= 0.3 is 17.9 Å². The van der Waals surface area contributed by atoms with E-state index in [4.69, 9.17) is 23.7 Å².